The molecule has 3 atom stereocenters. The second-order valence-electron chi connectivity index (χ2n) is 12.6. The Balaban J connectivity index is 1.32. The molecule has 1 aliphatic heterocycles. The molecule has 13 nitrogen and oxygen atoms in total. The minimum atomic E-state index is -3.96. The Morgan fingerprint density at radius 1 is 1.16 bits per heavy atom. The Bertz CT molecular complexity index is 1900. The maximum absolute atomic E-state index is 13.6. The van der Waals surface area contributed by atoms with Crippen molar-refractivity contribution in [2.24, 2.45) is 13.0 Å². The molecule has 1 aromatic heterocycles. The van der Waals surface area contributed by atoms with Crippen LogP contribution in [0.25, 0.3) is 0 Å². The number of carbonyl (C=O) groups excluding carboxylic acids is 2. The number of aromatic nitrogens is 2. The molecule has 5 N–H and O–H groups in total. The van der Waals surface area contributed by atoms with Crippen molar-refractivity contribution in [2.75, 3.05) is 42.5 Å². The summed E-state index contributed by atoms with van der Waals surface area (Å²) in [4.78, 5) is 34.1. The molecule has 4 aromatic rings. The number of sulfonamides is 1. The number of benzene rings is 3. The maximum atomic E-state index is 13.6. The number of nitrogen functional groups attached to an aromatic ring is 1. The monoisotopic (exact) mass is 689 g/mol. The number of hydrogen-bond donors (Lipinski definition) is 4. The van der Waals surface area contributed by atoms with Crippen LogP contribution in [0.1, 0.15) is 35.3 Å². The van der Waals surface area contributed by atoms with Crippen LogP contribution in [0.5, 0.6) is 5.75 Å². The second-order valence-corrected chi connectivity index (χ2v) is 14.3. The summed E-state index contributed by atoms with van der Waals surface area (Å²) >= 11 is 0. The number of ether oxygens (including phenoxy) is 1. The molecule has 0 fully saturated rings. The molecule has 0 spiro atoms. The van der Waals surface area contributed by atoms with Gasteiger partial charge in [-0.1, -0.05) is 31.2 Å². The summed E-state index contributed by atoms with van der Waals surface area (Å²) in [7, 11) is -0.310. The first-order valence-corrected chi connectivity index (χ1v) is 17.4. The Morgan fingerprint density at radius 3 is 2.57 bits per heavy atom. The first kappa shape index (κ1) is 35.4. The number of aryl methyl sites for hydroxylation is 1. The number of fused-ring (bicyclic) bond motifs is 1. The van der Waals surface area contributed by atoms with E-state index in [2.05, 4.69) is 19.9 Å². The highest BCUT2D eigenvalue weighted by Crippen LogP contribution is 2.30. The molecule has 0 unspecified atom stereocenters. The lowest BCUT2D eigenvalue weighted by atomic mass is 10.0. The number of hydrogen-bond acceptors (Lipinski definition) is 9. The number of amides is 2. The number of para-hydroxylation sites is 2. The highest BCUT2D eigenvalue weighted by Gasteiger charge is 2.31. The van der Waals surface area contributed by atoms with Gasteiger partial charge in [-0.2, -0.15) is 8.42 Å². The van der Waals surface area contributed by atoms with Crippen molar-refractivity contribution in [3.05, 3.63) is 95.9 Å². The number of nitrogens with zero attached hydrogens (tertiary/aromatic N) is 4. The molecule has 0 radical (unpaired) electrons. The third-order valence-electron chi connectivity index (χ3n) is 8.49. The van der Waals surface area contributed by atoms with E-state index in [4.69, 9.17) is 10.5 Å². The molecule has 0 saturated heterocycles. The quantitative estimate of drug-likeness (QED) is 0.172. The molecule has 0 bridgehead atoms. The van der Waals surface area contributed by atoms with Gasteiger partial charge in [-0.25, -0.2) is 4.98 Å². The van der Waals surface area contributed by atoms with Crippen LogP contribution >= 0.6 is 0 Å². The predicted molar refractivity (Wildman–Crippen MR) is 188 cm³/mol. The molecule has 2 amide bonds. The van der Waals surface area contributed by atoms with Crippen molar-refractivity contribution in [1.82, 2.24) is 19.4 Å². The van der Waals surface area contributed by atoms with Gasteiger partial charge in [0, 0.05) is 55.6 Å². The molecule has 0 aliphatic carbocycles. The van der Waals surface area contributed by atoms with Crippen molar-refractivity contribution in [3.63, 3.8) is 0 Å². The topological polar surface area (TPSA) is 172 Å². The lowest BCUT2D eigenvalue weighted by molar-refractivity contribution is -0.134. The number of anilines is 3. The number of nitrogens with one attached hydrogen (secondary N) is 2. The predicted octanol–water partition coefficient (Wildman–Crippen LogP) is 3.34. The van der Waals surface area contributed by atoms with E-state index in [1.165, 1.54) is 17.1 Å². The van der Waals surface area contributed by atoms with Gasteiger partial charge in [0.2, 0.25) is 5.91 Å². The fourth-order valence-corrected chi connectivity index (χ4v) is 6.73. The Hall–Kier alpha value is -4.92. The van der Waals surface area contributed by atoms with Gasteiger partial charge in [0.25, 0.3) is 15.9 Å². The minimum Gasteiger partial charge on any atom is -0.488 e. The first-order valence-electron chi connectivity index (χ1n) is 16.0. The third-order valence-corrected chi connectivity index (χ3v) is 9.76. The fourth-order valence-electron chi connectivity index (χ4n) is 5.70. The van der Waals surface area contributed by atoms with E-state index >= 15 is 0 Å². The van der Waals surface area contributed by atoms with Gasteiger partial charge in [-0.3, -0.25) is 19.2 Å². The number of aliphatic hydroxyl groups is 1. The largest absolute Gasteiger partial charge is 0.488 e. The lowest BCUT2D eigenvalue weighted by Gasteiger charge is -2.34. The van der Waals surface area contributed by atoms with E-state index in [1.807, 2.05) is 26.1 Å². The van der Waals surface area contributed by atoms with Gasteiger partial charge in [-0.15, -0.1) is 0 Å². The van der Waals surface area contributed by atoms with Gasteiger partial charge in [-0.05, 0) is 62.0 Å². The van der Waals surface area contributed by atoms with E-state index in [9.17, 15) is 23.1 Å². The normalized spacial score (nSPS) is 17.3. The van der Waals surface area contributed by atoms with Crippen LogP contribution < -0.4 is 20.5 Å². The molecule has 49 heavy (non-hydrogen) atoms. The summed E-state index contributed by atoms with van der Waals surface area (Å²) in [5, 5.41) is 12.7. The van der Waals surface area contributed by atoms with Crippen LogP contribution in [0.15, 0.2) is 84.3 Å². The molecule has 14 heteroatoms. The summed E-state index contributed by atoms with van der Waals surface area (Å²) in [5.74, 6) is -0.0956. The van der Waals surface area contributed by atoms with Crippen molar-refractivity contribution in [2.45, 2.75) is 44.0 Å². The average molecular weight is 690 g/mol. The van der Waals surface area contributed by atoms with Crippen LogP contribution in [0.4, 0.5) is 17.1 Å². The average Bonchev–Trinajstić information content (AvgIpc) is 3.53. The Labute approximate surface area is 286 Å². The van der Waals surface area contributed by atoms with Crippen LogP contribution in [-0.2, 0) is 34.8 Å². The molecule has 2 heterocycles. The summed E-state index contributed by atoms with van der Waals surface area (Å²) in [6, 6.07) is 18.9. The highest BCUT2D eigenvalue weighted by molar-refractivity contribution is 7.92. The van der Waals surface area contributed by atoms with Crippen molar-refractivity contribution in [1.29, 1.82) is 0 Å². The number of nitrogens with two attached hydrogens (primary N) is 1. The summed E-state index contributed by atoms with van der Waals surface area (Å²) in [6.45, 7) is 5.03. The Morgan fingerprint density at radius 2 is 1.90 bits per heavy atom. The van der Waals surface area contributed by atoms with E-state index in [0.717, 1.165) is 5.56 Å². The van der Waals surface area contributed by atoms with E-state index in [1.54, 1.807) is 73.5 Å². The van der Waals surface area contributed by atoms with Crippen LogP contribution in [0.3, 0.4) is 0 Å². The molecule has 5 rings (SSSR count). The molecule has 3 aromatic carbocycles. The third kappa shape index (κ3) is 8.76. The first-order chi connectivity index (χ1) is 23.3. The summed E-state index contributed by atoms with van der Waals surface area (Å²) < 4.78 is 36.6. The van der Waals surface area contributed by atoms with Crippen molar-refractivity contribution in [3.8, 4) is 5.75 Å². The molecule has 1 aliphatic rings. The number of carbonyl (C=O) groups is 2. The van der Waals surface area contributed by atoms with Crippen LogP contribution in [0.2, 0.25) is 0 Å². The van der Waals surface area contributed by atoms with Gasteiger partial charge in [0.15, 0.2) is 5.03 Å². The lowest BCUT2D eigenvalue weighted by Crippen LogP contribution is -2.47. The van der Waals surface area contributed by atoms with E-state index in [0.29, 0.717) is 47.9 Å². The molecule has 0 saturated carbocycles. The minimum absolute atomic E-state index is 0.0368. The second kappa shape index (κ2) is 15.1. The van der Waals surface area contributed by atoms with Gasteiger partial charge in [0.1, 0.15) is 11.9 Å². The molecular formula is C35H43N7O6S. The summed E-state index contributed by atoms with van der Waals surface area (Å²) in [6.07, 6.45) is 2.40. The molecular weight excluding hydrogens is 646 g/mol. The number of imidazole rings is 1. The van der Waals surface area contributed by atoms with Crippen molar-refractivity contribution >= 4 is 38.9 Å². The number of aliphatic hydroxyl groups excluding tert-OH is 1. The van der Waals surface area contributed by atoms with E-state index in [-0.39, 0.29) is 47.6 Å². The number of rotatable bonds is 11. The summed E-state index contributed by atoms with van der Waals surface area (Å²) in [5.41, 5.74) is 9.29. The molecule has 260 valence electrons. The SMILES string of the molecule is C[C@@H]1CN([C@H](C)CO)C(=O)Cc2cc(NS(=O)(=O)c3cn(C)cn3)ccc2O[C@H]1CN(C)Cc1ccc(C(=O)Nc2ccccc2N)cc1. The van der Waals surface area contributed by atoms with Gasteiger partial charge < -0.3 is 30.4 Å². The zero-order chi connectivity index (χ0) is 35.3. The van der Waals surface area contributed by atoms with Crippen molar-refractivity contribution < 1.29 is 27.9 Å². The van der Waals surface area contributed by atoms with Gasteiger partial charge >= 0.3 is 0 Å². The van der Waals surface area contributed by atoms with Crippen LogP contribution in [-0.4, -0.2) is 83.6 Å². The standard InChI is InChI=1S/C35H43N7O6S/c1-23-17-42(24(2)21-43)34(44)16-27-15-28(39-49(46,47)33-20-41(4)22-37-33)13-14-31(27)48-32(23)19-40(3)18-25-9-11-26(12-10-25)35(45)38-30-8-6-5-7-29(30)36/h5-15,20,22-24,32,39,43H,16-19,21,36H2,1-4H3,(H,38,45)/t23-,24-,32+/m1/s1. The Kier molecular flexibility index (Phi) is 10.9. The fraction of sp³-hybridized carbons (Fsp3) is 0.343. The highest BCUT2D eigenvalue weighted by atomic mass is 32.2. The zero-order valence-corrected chi connectivity index (χ0v) is 28.9. The number of likely N-dealkylation sites (N-methyl/N-ethyl adjacent to an activating group) is 1. The van der Waals surface area contributed by atoms with E-state index < -0.39 is 16.1 Å². The van der Waals surface area contributed by atoms with Crippen LogP contribution in [0, 0.1) is 5.92 Å². The van der Waals surface area contributed by atoms with Gasteiger partial charge in [0.05, 0.1) is 36.8 Å². The smallest absolute Gasteiger partial charge is 0.280 e. The maximum Gasteiger partial charge on any atom is 0.280 e. The zero-order valence-electron chi connectivity index (χ0n) is 28.0.